The fraction of sp³-hybridized carbons (Fsp3) is 0.857. The average Bonchev–Trinajstić information content (AvgIpc) is 2.04. The Balaban J connectivity index is 2.56. The summed E-state index contributed by atoms with van der Waals surface area (Å²) >= 11 is 5.24. The largest absolute Gasteiger partial charge is 0.381 e. The first-order chi connectivity index (χ1) is 5.19. The number of hydrogen-bond acceptors (Lipinski definition) is 2. The van der Waals surface area contributed by atoms with Gasteiger partial charge in [0.25, 0.3) is 0 Å². The molecule has 1 aliphatic heterocycles. The Labute approximate surface area is 69.7 Å². The number of rotatable bonds is 2. The molecule has 0 bridgehead atoms. The van der Waals surface area contributed by atoms with Crippen LogP contribution >= 0.6 is 11.6 Å². The predicted octanol–water partition coefficient (Wildman–Crippen LogP) is 1.31. The van der Waals surface area contributed by atoms with Gasteiger partial charge in [0, 0.05) is 12.8 Å². The van der Waals surface area contributed by atoms with E-state index in [9.17, 15) is 9.18 Å². The summed E-state index contributed by atoms with van der Waals surface area (Å²) in [6.07, 6.45) is 0.303. The van der Waals surface area contributed by atoms with Crippen molar-refractivity contribution in [2.45, 2.75) is 18.5 Å². The number of alkyl halides is 2. The van der Waals surface area contributed by atoms with Gasteiger partial charge in [0.2, 0.25) is 0 Å². The van der Waals surface area contributed by atoms with E-state index < -0.39 is 11.5 Å². The van der Waals surface area contributed by atoms with Crippen LogP contribution in [0.1, 0.15) is 12.8 Å². The van der Waals surface area contributed by atoms with E-state index in [4.69, 9.17) is 16.3 Å². The normalized spacial score (nSPS) is 23.1. The highest BCUT2D eigenvalue weighted by Crippen LogP contribution is 2.26. The van der Waals surface area contributed by atoms with Gasteiger partial charge in [-0.3, -0.25) is 4.79 Å². The third kappa shape index (κ3) is 1.91. The number of hydrogen-bond donors (Lipinski definition) is 0. The molecule has 64 valence electrons. The fourth-order valence-electron chi connectivity index (χ4n) is 1.09. The van der Waals surface area contributed by atoms with E-state index in [1.165, 1.54) is 0 Å². The van der Waals surface area contributed by atoms with Crippen molar-refractivity contribution in [2.75, 3.05) is 19.1 Å². The quantitative estimate of drug-likeness (QED) is 0.599. The van der Waals surface area contributed by atoms with E-state index in [-0.39, 0.29) is 18.7 Å². The molecule has 1 saturated heterocycles. The Kier molecular flexibility index (Phi) is 2.84. The Morgan fingerprint density at radius 2 is 2.09 bits per heavy atom. The fourth-order valence-corrected chi connectivity index (χ4v) is 1.33. The molecule has 1 aliphatic rings. The van der Waals surface area contributed by atoms with E-state index in [0.717, 1.165) is 0 Å². The van der Waals surface area contributed by atoms with Gasteiger partial charge in [-0.25, -0.2) is 4.39 Å². The van der Waals surface area contributed by atoms with Crippen LogP contribution in [0.3, 0.4) is 0 Å². The highest BCUT2D eigenvalue weighted by Gasteiger charge is 2.38. The Hall–Kier alpha value is -0.150. The molecule has 0 amide bonds. The molecular formula is C7H10ClFO2. The summed E-state index contributed by atoms with van der Waals surface area (Å²) in [5.74, 6) is -0.751. The molecule has 0 saturated carbocycles. The highest BCUT2D eigenvalue weighted by atomic mass is 35.5. The summed E-state index contributed by atoms with van der Waals surface area (Å²) in [5.41, 5.74) is -1.71. The molecule has 0 spiro atoms. The summed E-state index contributed by atoms with van der Waals surface area (Å²) < 4.78 is 18.4. The monoisotopic (exact) mass is 180 g/mol. The molecule has 1 fully saturated rings. The Bertz CT molecular complexity index is 155. The maximum absolute atomic E-state index is 13.5. The standard InChI is InChI=1S/C7H10ClFO2/c8-5-6(10)7(9)1-3-11-4-2-7/h1-5H2. The summed E-state index contributed by atoms with van der Waals surface area (Å²) in [5, 5.41) is 0. The minimum atomic E-state index is -1.71. The number of halogens is 2. The van der Waals surface area contributed by atoms with Crippen molar-refractivity contribution in [3.63, 3.8) is 0 Å². The van der Waals surface area contributed by atoms with Crippen molar-refractivity contribution >= 4 is 17.4 Å². The molecule has 11 heavy (non-hydrogen) atoms. The highest BCUT2D eigenvalue weighted by molar-refractivity contribution is 6.28. The van der Waals surface area contributed by atoms with Crippen molar-refractivity contribution in [2.24, 2.45) is 0 Å². The van der Waals surface area contributed by atoms with E-state index in [1.54, 1.807) is 0 Å². The smallest absolute Gasteiger partial charge is 0.184 e. The van der Waals surface area contributed by atoms with E-state index in [0.29, 0.717) is 13.2 Å². The topological polar surface area (TPSA) is 26.3 Å². The average molecular weight is 181 g/mol. The number of ketones is 1. The molecule has 0 radical (unpaired) electrons. The van der Waals surface area contributed by atoms with Gasteiger partial charge in [0.05, 0.1) is 19.1 Å². The van der Waals surface area contributed by atoms with Crippen LogP contribution in [0.5, 0.6) is 0 Å². The zero-order chi connectivity index (χ0) is 8.32. The van der Waals surface area contributed by atoms with Gasteiger partial charge in [-0.05, 0) is 0 Å². The lowest BCUT2D eigenvalue weighted by Crippen LogP contribution is -2.40. The third-order valence-electron chi connectivity index (χ3n) is 1.91. The third-order valence-corrected chi connectivity index (χ3v) is 2.15. The first kappa shape index (κ1) is 8.94. The molecule has 4 heteroatoms. The minimum Gasteiger partial charge on any atom is -0.381 e. The van der Waals surface area contributed by atoms with Crippen molar-refractivity contribution in [3.8, 4) is 0 Å². The lowest BCUT2D eigenvalue weighted by Gasteiger charge is -2.27. The van der Waals surface area contributed by atoms with Crippen LogP contribution in [0.25, 0.3) is 0 Å². The van der Waals surface area contributed by atoms with Gasteiger partial charge in [-0.1, -0.05) is 0 Å². The van der Waals surface area contributed by atoms with Gasteiger partial charge in [0.15, 0.2) is 11.5 Å². The molecular weight excluding hydrogens is 171 g/mol. The van der Waals surface area contributed by atoms with Crippen LogP contribution in [0.4, 0.5) is 4.39 Å². The van der Waals surface area contributed by atoms with Crippen molar-refractivity contribution in [1.29, 1.82) is 0 Å². The molecule has 0 aromatic carbocycles. The SMILES string of the molecule is O=C(CCl)C1(F)CCOCC1. The van der Waals surface area contributed by atoms with Crippen LogP contribution in [0, 0.1) is 0 Å². The van der Waals surface area contributed by atoms with Crippen LogP contribution in [-0.4, -0.2) is 30.5 Å². The van der Waals surface area contributed by atoms with Crippen molar-refractivity contribution < 1.29 is 13.9 Å². The molecule has 0 unspecified atom stereocenters. The van der Waals surface area contributed by atoms with Gasteiger partial charge < -0.3 is 4.74 Å². The second-order valence-electron chi connectivity index (χ2n) is 2.63. The minimum absolute atomic E-state index is 0.151. The van der Waals surface area contributed by atoms with Crippen molar-refractivity contribution in [1.82, 2.24) is 0 Å². The predicted molar refractivity (Wildman–Crippen MR) is 39.6 cm³/mol. The van der Waals surface area contributed by atoms with E-state index in [2.05, 4.69) is 0 Å². The number of Topliss-reactive ketones (excluding diaryl/α,β-unsaturated/α-hetero) is 1. The molecule has 1 heterocycles. The molecule has 2 nitrogen and oxygen atoms in total. The van der Waals surface area contributed by atoms with Crippen LogP contribution in [0.15, 0.2) is 0 Å². The molecule has 0 N–H and O–H groups in total. The number of carbonyl (C=O) groups is 1. The maximum atomic E-state index is 13.5. The molecule has 0 atom stereocenters. The Morgan fingerprint density at radius 3 is 2.55 bits per heavy atom. The molecule has 1 rings (SSSR count). The molecule has 0 aliphatic carbocycles. The van der Waals surface area contributed by atoms with Gasteiger partial charge in [-0.15, -0.1) is 11.6 Å². The lowest BCUT2D eigenvalue weighted by molar-refractivity contribution is -0.134. The Morgan fingerprint density at radius 1 is 1.55 bits per heavy atom. The summed E-state index contributed by atoms with van der Waals surface area (Å²) in [6.45, 7) is 0.637. The summed E-state index contributed by atoms with van der Waals surface area (Å²) in [6, 6.07) is 0. The lowest BCUT2D eigenvalue weighted by atomic mass is 9.93. The van der Waals surface area contributed by atoms with E-state index in [1.807, 2.05) is 0 Å². The van der Waals surface area contributed by atoms with Gasteiger partial charge in [-0.2, -0.15) is 0 Å². The zero-order valence-corrected chi connectivity index (χ0v) is 6.86. The van der Waals surface area contributed by atoms with Crippen LogP contribution in [0.2, 0.25) is 0 Å². The van der Waals surface area contributed by atoms with Crippen LogP contribution < -0.4 is 0 Å². The van der Waals surface area contributed by atoms with Gasteiger partial charge >= 0.3 is 0 Å². The first-order valence-electron chi connectivity index (χ1n) is 3.55. The van der Waals surface area contributed by atoms with Crippen LogP contribution in [-0.2, 0) is 9.53 Å². The summed E-state index contributed by atoms with van der Waals surface area (Å²) in [7, 11) is 0. The first-order valence-corrected chi connectivity index (χ1v) is 4.08. The maximum Gasteiger partial charge on any atom is 0.184 e. The van der Waals surface area contributed by atoms with Crippen molar-refractivity contribution in [3.05, 3.63) is 0 Å². The zero-order valence-electron chi connectivity index (χ0n) is 6.11. The second-order valence-corrected chi connectivity index (χ2v) is 2.90. The van der Waals surface area contributed by atoms with Gasteiger partial charge in [0.1, 0.15) is 0 Å². The second kappa shape index (κ2) is 3.50. The molecule has 0 aromatic heterocycles. The molecule has 0 aromatic rings. The van der Waals surface area contributed by atoms with E-state index >= 15 is 0 Å². The number of ether oxygens (including phenoxy) is 1. The number of carbonyl (C=O) groups excluding carboxylic acids is 1. The summed E-state index contributed by atoms with van der Waals surface area (Å²) in [4.78, 5) is 10.9.